The van der Waals surface area contributed by atoms with Crippen LogP contribution in [-0.4, -0.2) is 24.3 Å². The van der Waals surface area contributed by atoms with Gasteiger partial charge in [0.25, 0.3) is 0 Å². The van der Waals surface area contributed by atoms with Gasteiger partial charge in [-0.15, -0.1) is 11.3 Å². The second-order valence-corrected chi connectivity index (χ2v) is 10.4. The zero-order valence-corrected chi connectivity index (χ0v) is 22.0. The Hall–Kier alpha value is -4.24. The van der Waals surface area contributed by atoms with Gasteiger partial charge in [-0.25, -0.2) is 9.18 Å². The Morgan fingerprint density at radius 3 is 2.33 bits per heavy atom. The number of ether oxygens (including phenoxy) is 2. The Labute approximate surface area is 227 Å². The van der Waals surface area contributed by atoms with Crippen LogP contribution >= 0.6 is 11.3 Å². The summed E-state index contributed by atoms with van der Waals surface area (Å²) in [6, 6.07) is 19.9. The van der Waals surface area contributed by atoms with Gasteiger partial charge in [0.1, 0.15) is 17.7 Å². The van der Waals surface area contributed by atoms with Gasteiger partial charge in [-0.3, -0.25) is 10.1 Å². The van der Waals surface area contributed by atoms with Gasteiger partial charge in [-0.05, 0) is 48.6 Å². The van der Waals surface area contributed by atoms with Crippen molar-refractivity contribution in [3.05, 3.63) is 94.9 Å². The maximum Gasteiger partial charge on any atom is 0.412 e. The lowest BCUT2D eigenvalue weighted by Crippen LogP contribution is -2.19. The molecule has 1 aliphatic carbocycles. The summed E-state index contributed by atoms with van der Waals surface area (Å²) >= 11 is 0.854. The van der Waals surface area contributed by atoms with Crippen molar-refractivity contribution in [1.82, 2.24) is 0 Å². The minimum Gasteiger partial charge on any atom is -0.496 e. The van der Waals surface area contributed by atoms with Crippen LogP contribution in [0.15, 0.2) is 72.8 Å². The van der Waals surface area contributed by atoms with Crippen molar-refractivity contribution in [3.8, 4) is 27.3 Å². The second kappa shape index (κ2) is 10.5. The minimum absolute atomic E-state index is 0.214. The van der Waals surface area contributed by atoms with Gasteiger partial charge in [0.2, 0.25) is 0 Å². The average Bonchev–Trinajstić information content (AvgIpc) is 3.66. The molecule has 1 aromatic heterocycles. The van der Waals surface area contributed by atoms with Crippen molar-refractivity contribution >= 4 is 29.1 Å². The van der Waals surface area contributed by atoms with Crippen molar-refractivity contribution in [3.63, 3.8) is 0 Å². The molecule has 1 atom stereocenters. The molecule has 3 aromatic carbocycles. The van der Waals surface area contributed by atoms with Crippen LogP contribution in [0.25, 0.3) is 21.6 Å². The number of carboxylic acid groups (broad SMARTS) is 1. The number of amides is 1. The van der Waals surface area contributed by atoms with Crippen molar-refractivity contribution in [2.45, 2.75) is 31.3 Å². The zero-order chi connectivity index (χ0) is 27.7. The van der Waals surface area contributed by atoms with E-state index in [1.165, 1.54) is 25.3 Å². The summed E-state index contributed by atoms with van der Waals surface area (Å²) in [5.74, 6) is -0.777. The number of aliphatic carboxylic acids is 1. The second-order valence-electron chi connectivity index (χ2n) is 9.37. The third-order valence-corrected chi connectivity index (χ3v) is 7.91. The molecule has 0 spiro atoms. The fourth-order valence-electron chi connectivity index (χ4n) is 4.63. The molecule has 4 aromatic rings. The van der Waals surface area contributed by atoms with Crippen molar-refractivity contribution < 1.29 is 33.0 Å². The number of anilines is 1. The Morgan fingerprint density at radius 2 is 1.69 bits per heavy atom. The molecular formula is C30H25F2NO5S. The molecule has 0 aliphatic heterocycles. The van der Waals surface area contributed by atoms with E-state index in [1.54, 1.807) is 31.2 Å². The summed E-state index contributed by atoms with van der Waals surface area (Å²) in [6.45, 7) is 1.55. The number of methoxy groups -OCH3 is 1. The zero-order valence-electron chi connectivity index (χ0n) is 21.2. The summed E-state index contributed by atoms with van der Waals surface area (Å²) in [6.07, 6.45) is -0.441. The van der Waals surface area contributed by atoms with Gasteiger partial charge in [0, 0.05) is 17.2 Å². The Kier molecular flexibility index (Phi) is 7.10. The van der Waals surface area contributed by atoms with E-state index < -0.39 is 34.5 Å². The standard InChI is InChI=1S/C30H25F2NO5S/c1-17(21-5-3-4-6-23(21)31)38-29(36)33-24-16-26(32)39-27(24)19-9-12-22(25(15-19)37-2)18-7-10-20(11-8-18)30(13-14-30)28(34)35/h3-12,15-17H,13-14H2,1-2H3,(H,33,36)(H,34,35). The molecule has 1 unspecified atom stereocenters. The fraction of sp³-hybridized carbons (Fsp3) is 0.200. The highest BCUT2D eigenvalue weighted by atomic mass is 32.1. The summed E-state index contributed by atoms with van der Waals surface area (Å²) < 4.78 is 39.3. The third-order valence-electron chi connectivity index (χ3n) is 6.94. The smallest absolute Gasteiger partial charge is 0.412 e. The lowest BCUT2D eigenvalue weighted by molar-refractivity contribution is -0.140. The molecule has 0 bridgehead atoms. The van der Waals surface area contributed by atoms with Crippen LogP contribution in [0.4, 0.5) is 19.3 Å². The molecule has 0 saturated heterocycles. The number of hydrogen-bond acceptors (Lipinski definition) is 5. The van der Waals surface area contributed by atoms with Crippen LogP contribution in [0.1, 0.15) is 37.0 Å². The minimum atomic E-state index is -0.853. The Bertz CT molecular complexity index is 1550. The monoisotopic (exact) mass is 549 g/mol. The summed E-state index contributed by atoms with van der Waals surface area (Å²) in [5.41, 5.74) is 2.66. The van der Waals surface area contributed by atoms with Crippen molar-refractivity contribution in [2.75, 3.05) is 12.4 Å². The summed E-state index contributed by atoms with van der Waals surface area (Å²) in [7, 11) is 1.52. The predicted octanol–water partition coefficient (Wildman–Crippen LogP) is 7.79. The highest BCUT2D eigenvalue weighted by Gasteiger charge is 2.51. The Balaban J connectivity index is 1.37. The lowest BCUT2D eigenvalue weighted by Gasteiger charge is -2.16. The molecule has 0 radical (unpaired) electrons. The number of halogens is 2. The number of carbonyl (C=O) groups is 2. The van der Waals surface area contributed by atoms with Crippen molar-refractivity contribution in [2.24, 2.45) is 0 Å². The highest BCUT2D eigenvalue weighted by molar-refractivity contribution is 7.14. The van der Waals surface area contributed by atoms with Crippen LogP contribution in [0.2, 0.25) is 0 Å². The molecule has 1 saturated carbocycles. The highest BCUT2D eigenvalue weighted by Crippen LogP contribution is 2.49. The van der Waals surface area contributed by atoms with E-state index in [0.717, 1.165) is 28.0 Å². The van der Waals surface area contributed by atoms with E-state index in [2.05, 4.69) is 5.32 Å². The molecule has 5 rings (SSSR count). The molecule has 1 heterocycles. The molecule has 39 heavy (non-hydrogen) atoms. The van der Waals surface area contributed by atoms with Crippen LogP contribution in [0.5, 0.6) is 5.75 Å². The van der Waals surface area contributed by atoms with Gasteiger partial charge in [-0.2, -0.15) is 4.39 Å². The molecular weight excluding hydrogens is 524 g/mol. The van der Waals surface area contributed by atoms with Crippen LogP contribution in [-0.2, 0) is 14.9 Å². The van der Waals surface area contributed by atoms with E-state index in [9.17, 15) is 23.5 Å². The number of carbonyl (C=O) groups excluding carboxylic acids is 1. The number of rotatable bonds is 8. The van der Waals surface area contributed by atoms with Gasteiger partial charge in [-0.1, -0.05) is 54.6 Å². The average molecular weight is 550 g/mol. The van der Waals surface area contributed by atoms with Crippen LogP contribution < -0.4 is 10.1 Å². The molecule has 1 aliphatic rings. The molecule has 9 heteroatoms. The topological polar surface area (TPSA) is 84.9 Å². The van der Waals surface area contributed by atoms with Gasteiger partial charge in [0.05, 0.1) is 23.1 Å². The molecule has 200 valence electrons. The molecule has 1 amide bonds. The van der Waals surface area contributed by atoms with Crippen LogP contribution in [0, 0.1) is 10.9 Å². The summed E-state index contributed by atoms with van der Waals surface area (Å²) in [5, 5.41) is 11.6. The van der Waals surface area contributed by atoms with E-state index in [0.29, 0.717) is 29.0 Å². The number of nitrogens with one attached hydrogen (secondary N) is 1. The largest absolute Gasteiger partial charge is 0.496 e. The van der Waals surface area contributed by atoms with Gasteiger partial charge < -0.3 is 14.6 Å². The fourth-order valence-corrected chi connectivity index (χ4v) is 5.46. The first-order chi connectivity index (χ1) is 18.7. The molecule has 6 nitrogen and oxygen atoms in total. The first-order valence-electron chi connectivity index (χ1n) is 12.3. The quantitative estimate of drug-likeness (QED) is 0.234. The Morgan fingerprint density at radius 1 is 1.00 bits per heavy atom. The molecule has 2 N–H and O–H groups in total. The SMILES string of the molecule is COc1cc(-c2sc(F)cc2NC(=O)OC(C)c2ccccc2F)ccc1-c1ccc(C2(C(=O)O)CC2)cc1. The van der Waals surface area contributed by atoms with E-state index in [1.807, 2.05) is 30.3 Å². The molecule has 1 fully saturated rings. The number of thiophene rings is 1. The first kappa shape index (κ1) is 26.4. The van der Waals surface area contributed by atoms with E-state index in [4.69, 9.17) is 9.47 Å². The van der Waals surface area contributed by atoms with Crippen molar-refractivity contribution in [1.29, 1.82) is 0 Å². The normalized spacial score (nSPS) is 14.4. The number of carboxylic acids is 1. The van der Waals surface area contributed by atoms with Gasteiger partial charge in [0.15, 0.2) is 5.13 Å². The predicted molar refractivity (Wildman–Crippen MR) is 145 cm³/mol. The van der Waals surface area contributed by atoms with Crippen LogP contribution in [0.3, 0.4) is 0 Å². The van der Waals surface area contributed by atoms with E-state index in [-0.39, 0.29) is 11.3 Å². The van der Waals surface area contributed by atoms with E-state index >= 15 is 0 Å². The summed E-state index contributed by atoms with van der Waals surface area (Å²) in [4.78, 5) is 24.7. The third kappa shape index (κ3) is 5.22. The maximum atomic E-state index is 14.3. The maximum absolute atomic E-state index is 14.3. The first-order valence-corrected chi connectivity index (χ1v) is 13.1. The number of benzene rings is 3. The van der Waals surface area contributed by atoms with Gasteiger partial charge >= 0.3 is 12.1 Å². The number of hydrogen-bond donors (Lipinski definition) is 2. The lowest BCUT2D eigenvalue weighted by atomic mass is 9.93.